The average molecular weight is 277 g/mol. The number of rotatable bonds is 2. The van der Waals surface area contributed by atoms with Crippen LogP contribution in [0.1, 0.15) is 5.56 Å². The van der Waals surface area contributed by atoms with Gasteiger partial charge in [-0.2, -0.15) is 0 Å². The Kier molecular flexibility index (Phi) is 3.57. The van der Waals surface area contributed by atoms with Gasteiger partial charge in [-0.15, -0.1) is 12.4 Å². The van der Waals surface area contributed by atoms with E-state index in [2.05, 4.69) is 9.97 Å². The molecule has 0 unspecified atom stereocenters. The number of aromatic nitrogens is 3. The summed E-state index contributed by atoms with van der Waals surface area (Å²) in [5, 5.41) is 9.44. The predicted molar refractivity (Wildman–Crippen MR) is 76.4 cm³/mol. The van der Waals surface area contributed by atoms with Crippen LogP contribution in [-0.2, 0) is 6.54 Å². The van der Waals surface area contributed by atoms with Crippen LogP contribution in [0.3, 0.4) is 0 Å². The molecule has 3 N–H and O–H groups in total. The van der Waals surface area contributed by atoms with Gasteiger partial charge in [0.15, 0.2) is 5.82 Å². The van der Waals surface area contributed by atoms with E-state index in [1.807, 2.05) is 22.8 Å². The van der Waals surface area contributed by atoms with Crippen LogP contribution < -0.4 is 5.73 Å². The first-order valence-electron chi connectivity index (χ1n) is 5.57. The molecule has 19 heavy (non-hydrogen) atoms. The maximum absolute atomic E-state index is 9.44. The number of phenolic OH excluding ortho intramolecular Hbond substituents is 1. The number of halogens is 1. The molecule has 0 saturated heterocycles. The number of hydrogen-bond acceptors (Lipinski definition) is 4. The number of nitrogens with two attached hydrogens (primary N) is 1. The Hall–Kier alpha value is -2.27. The molecule has 0 atom stereocenters. The minimum Gasteiger partial charge on any atom is -0.508 e. The molecule has 6 heteroatoms. The normalized spacial score (nSPS) is 10.3. The van der Waals surface area contributed by atoms with Gasteiger partial charge in [0.2, 0.25) is 0 Å². The number of phenols is 1. The van der Waals surface area contributed by atoms with Gasteiger partial charge in [0.05, 0.1) is 11.8 Å². The molecule has 2 aromatic heterocycles. The summed E-state index contributed by atoms with van der Waals surface area (Å²) in [7, 11) is 0. The lowest BCUT2D eigenvalue weighted by molar-refractivity contribution is 0.474. The zero-order chi connectivity index (χ0) is 12.5. The van der Waals surface area contributed by atoms with Crippen LogP contribution >= 0.6 is 12.4 Å². The Bertz CT molecular complexity index is 711. The molecule has 0 aliphatic carbocycles. The van der Waals surface area contributed by atoms with Crippen molar-refractivity contribution in [1.82, 2.24) is 14.5 Å². The summed E-state index contributed by atoms with van der Waals surface area (Å²) < 4.78 is 1.97. The van der Waals surface area contributed by atoms with Gasteiger partial charge in [-0.05, 0) is 23.8 Å². The minimum atomic E-state index is 0. The fourth-order valence-electron chi connectivity index (χ4n) is 1.99. The van der Waals surface area contributed by atoms with Crippen molar-refractivity contribution in [2.24, 2.45) is 0 Å². The van der Waals surface area contributed by atoms with Crippen molar-refractivity contribution in [3.63, 3.8) is 0 Å². The molecule has 0 aliphatic rings. The Labute approximate surface area is 116 Å². The molecule has 98 valence electrons. The maximum Gasteiger partial charge on any atom is 0.151 e. The van der Waals surface area contributed by atoms with Gasteiger partial charge in [-0.25, -0.2) is 9.97 Å². The second-order valence-corrected chi connectivity index (χ2v) is 4.11. The molecule has 3 rings (SSSR count). The predicted octanol–water partition coefficient (Wildman–Crippen LogP) is 2.19. The smallest absolute Gasteiger partial charge is 0.151 e. The molecule has 0 radical (unpaired) electrons. The van der Waals surface area contributed by atoms with Crippen LogP contribution in [0.25, 0.3) is 11.0 Å². The molecule has 0 bridgehead atoms. The maximum atomic E-state index is 9.44. The van der Waals surface area contributed by atoms with E-state index in [0.717, 1.165) is 11.1 Å². The van der Waals surface area contributed by atoms with Crippen molar-refractivity contribution in [2.45, 2.75) is 6.54 Å². The van der Waals surface area contributed by atoms with Gasteiger partial charge in [-0.3, -0.25) is 0 Å². The van der Waals surface area contributed by atoms with Crippen LogP contribution in [0.4, 0.5) is 5.82 Å². The summed E-state index contributed by atoms with van der Waals surface area (Å²) in [6, 6.07) is 9.03. The lowest BCUT2D eigenvalue weighted by Crippen LogP contribution is -1.98. The second-order valence-electron chi connectivity index (χ2n) is 4.11. The fourth-order valence-corrected chi connectivity index (χ4v) is 1.99. The zero-order valence-corrected chi connectivity index (χ0v) is 10.8. The summed E-state index contributed by atoms with van der Waals surface area (Å²) in [5.74, 6) is 0.695. The number of anilines is 1. The summed E-state index contributed by atoms with van der Waals surface area (Å²) in [4.78, 5) is 8.25. The summed E-state index contributed by atoms with van der Waals surface area (Å²) in [6.07, 6.45) is 3.39. The molecule has 0 spiro atoms. The van der Waals surface area contributed by atoms with Gasteiger partial charge < -0.3 is 15.4 Å². The summed E-state index contributed by atoms with van der Waals surface area (Å²) in [5.41, 5.74) is 8.41. The van der Waals surface area contributed by atoms with E-state index >= 15 is 0 Å². The number of pyridine rings is 1. The lowest BCUT2D eigenvalue weighted by atomic mass is 10.2. The van der Waals surface area contributed by atoms with E-state index in [1.54, 1.807) is 24.7 Å². The molecular weight excluding hydrogens is 264 g/mol. The number of nitrogen functional groups attached to an aromatic ring is 1. The average Bonchev–Trinajstić information content (AvgIpc) is 2.74. The van der Waals surface area contributed by atoms with Gasteiger partial charge in [0, 0.05) is 12.7 Å². The van der Waals surface area contributed by atoms with Crippen molar-refractivity contribution in [2.75, 3.05) is 5.73 Å². The van der Waals surface area contributed by atoms with E-state index in [-0.39, 0.29) is 18.2 Å². The van der Waals surface area contributed by atoms with Crippen LogP contribution in [0.5, 0.6) is 5.75 Å². The monoisotopic (exact) mass is 276 g/mol. The molecule has 3 aromatic rings. The van der Waals surface area contributed by atoms with Crippen LogP contribution in [-0.4, -0.2) is 19.6 Å². The molecule has 1 aromatic carbocycles. The number of imidazole rings is 1. The third-order valence-corrected chi connectivity index (χ3v) is 2.83. The quantitative estimate of drug-likeness (QED) is 0.752. The lowest BCUT2D eigenvalue weighted by Gasteiger charge is -2.05. The number of hydrogen-bond donors (Lipinski definition) is 2. The largest absolute Gasteiger partial charge is 0.508 e. The summed E-state index contributed by atoms with van der Waals surface area (Å²) >= 11 is 0. The Morgan fingerprint density at radius 1 is 1.21 bits per heavy atom. The fraction of sp³-hybridized carbons (Fsp3) is 0.0769. The molecule has 0 aliphatic heterocycles. The number of benzene rings is 1. The third-order valence-electron chi connectivity index (χ3n) is 2.83. The van der Waals surface area contributed by atoms with E-state index in [9.17, 15) is 5.11 Å². The van der Waals surface area contributed by atoms with Crippen molar-refractivity contribution in [3.8, 4) is 5.75 Å². The first-order chi connectivity index (χ1) is 8.74. The molecule has 0 fully saturated rings. The molecular formula is C13H13ClN4O. The highest BCUT2D eigenvalue weighted by Gasteiger charge is 2.06. The van der Waals surface area contributed by atoms with E-state index in [1.165, 1.54) is 0 Å². The second kappa shape index (κ2) is 5.16. The minimum absolute atomic E-state index is 0. The molecule has 0 saturated carbocycles. The topological polar surface area (TPSA) is 77.0 Å². The van der Waals surface area contributed by atoms with E-state index < -0.39 is 0 Å². The first-order valence-corrected chi connectivity index (χ1v) is 5.57. The number of aromatic hydroxyl groups is 1. The highest BCUT2D eigenvalue weighted by atomic mass is 35.5. The van der Waals surface area contributed by atoms with Crippen LogP contribution in [0, 0.1) is 0 Å². The van der Waals surface area contributed by atoms with Gasteiger partial charge in [-0.1, -0.05) is 12.1 Å². The highest BCUT2D eigenvalue weighted by Crippen LogP contribution is 2.19. The van der Waals surface area contributed by atoms with Gasteiger partial charge in [0.1, 0.15) is 11.3 Å². The first kappa shape index (κ1) is 13.2. The van der Waals surface area contributed by atoms with Crippen molar-refractivity contribution < 1.29 is 5.11 Å². The number of fused-ring (bicyclic) bond motifs is 1. The Balaban J connectivity index is 0.00000133. The van der Waals surface area contributed by atoms with Gasteiger partial charge >= 0.3 is 0 Å². The SMILES string of the molecule is Cl.Nc1nccc2c1ncn2Cc1cccc(O)c1. The van der Waals surface area contributed by atoms with Crippen molar-refractivity contribution in [1.29, 1.82) is 0 Å². The summed E-state index contributed by atoms with van der Waals surface area (Å²) in [6.45, 7) is 0.633. The molecule has 5 nitrogen and oxygen atoms in total. The zero-order valence-electron chi connectivity index (χ0n) is 10.0. The molecule has 2 heterocycles. The van der Waals surface area contributed by atoms with E-state index in [4.69, 9.17) is 5.73 Å². The van der Waals surface area contributed by atoms with E-state index in [0.29, 0.717) is 17.9 Å². The third kappa shape index (κ3) is 2.46. The van der Waals surface area contributed by atoms with Crippen LogP contribution in [0.2, 0.25) is 0 Å². The van der Waals surface area contributed by atoms with Crippen molar-refractivity contribution in [3.05, 3.63) is 48.4 Å². The van der Waals surface area contributed by atoms with Crippen molar-refractivity contribution >= 4 is 29.3 Å². The number of nitrogens with zero attached hydrogens (tertiary/aromatic N) is 3. The molecule has 0 amide bonds. The van der Waals surface area contributed by atoms with Crippen LogP contribution in [0.15, 0.2) is 42.9 Å². The van der Waals surface area contributed by atoms with Gasteiger partial charge in [0.25, 0.3) is 0 Å². The Morgan fingerprint density at radius 2 is 2.05 bits per heavy atom. The standard InChI is InChI=1S/C13H12N4O.ClH/c14-13-12-11(4-5-15-13)17(8-16-12)7-9-2-1-3-10(18)6-9;/h1-6,8,18H,7H2,(H2,14,15);1H. The highest BCUT2D eigenvalue weighted by molar-refractivity contribution is 5.85. The Morgan fingerprint density at radius 3 is 2.84 bits per heavy atom.